The summed E-state index contributed by atoms with van der Waals surface area (Å²) in [6.07, 6.45) is 2.39. The molecular formula is C20H22O6. The number of methoxy groups -OCH3 is 1. The van der Waals surface area contributed by atoms with Crippen LogP contribution in [0.15, 0.2) is 40.9 Å². The maximum absolute atomic E-state index is 12.6. The maximum Gasteiger partial charge on any atom is 0.163 e. The molecule has 0 radical (unpaired) electrons. The van der Waals surface area contributed by atoms with Crippen LogP contribution in [0.25, 0.3) is 0 Å². The molecule has 0 unspecified atom stereocenters. The first-order valence-corrected chi connectivity index (χ1v) is 8.71. The van der Waals surface area contributed by atoms with Crippen molar-refractivity contribution in [2.45, 2.75) is 44.4 Å². The molecule has 26 heavy (non-hydrogen) atoms. The van der Waals surface area contributed by atoms with E-state index < -0.39 is 5.92 Å². The lowest BCUT2D eigenvalue weighted by atomic mass is 9.74. The first-order chi connectivity index (χ1) is 12.4. The van der Waals surface area contributed by atoms with Gasteiger partial charge < -0.3 is 20.1 Å². The molecule has 6 nitrogen and oxygen atoms in total. The normalized spacial score (nSPS) is 18.7. The lowest BCUT2D eigenvalue weighted by molar-refractivity contribution is -0.117. The summed E-state index contributed by atoms with van der Waals surface area (Å²) in [6.45, 7) is 0. The van der Waals surface area contributed by atoms with Crippen molar-refractivity contribution < 1.29 is 29.6 Å². The van der Waals surface area contributed by atoms with Gasteiger partial charge in [-0.05, 0) is 30.5 Å². The highest BCUT2D eigenvalue weighted by atomic mass is 16.5. The Kier molecular flexibility index (Phi) is 5.02. The summed E-state index contributed by atoms with van der Waals surface area (Å²) < 4.78 is 5.14. The average Bonchev–Trinajstić information content (AvgIpc) is 2.60. The van der Waals surface area contributed by atoms with Crippen LogP contribution in [0.2, 0.25) is 0 Å². The molecule has 6 heteroatoms. The van der Waals surface area contributed by atoms with E-state index in [-0.39, 0.29) is 58.6 Å². The largest absolute Gasteiger partial charge is 0.512 e. The number of Topliss-reactive ketones (excluding diaryl/α,β-unsaturated/α-hetero) is 2. The third-order valence-electron chi connectivity index (χ3n) is 4.97. The molecule has 0 saturated carbocycles. The Balaban J connectivity index is 2.23. The fourth-order valence-corrected chi connectivity index (χ4v) is 3.70. The SMILES string of the molecule is COc1cc(C(C2=C(O)CCCC2=O)C2=C(O)CCCC2=O)ccc1O. The van der Waals surface area contributed by atoms with E-state index in [1.807, 2.05) is 0 Å². The number of ether oxygens (including phenoxy) is 1. The van der Waals surface area contributed by atoms with E-state index in [2.05, 4.69) is 0 Å². The second kappa shape index (κ2) is 7.23. The third kappa shape index (κ3) is 3.19. The van der Waals surface area contributed by atoms with E-state index >= 15 is 0 Å². The van der Waals surface area contributed by atoms with Gasteiger partial charge in [-0.2, -0.15) is 0 Å². The number of phenolic OH excluding ortho intramolecular Hbond substituents is 1. The molecule has 0 aromatic heterocycles. The van der Waals surface area contributed by atoms with Crippen LogP contribution in [0.1, 0.15) is 50.0 Å². The Morgan fingerprint density at radius 2 is 1.42 bits per heavy atom. The Hall–Kier alpha value is -2.76. The van der Waals surface area contributed by atoms with Crippen LogP contribution in [-0.4, -0.2) is 34.0 Å². The van der Waals surface area contributed by atoms with E-state index in [9.17, 15) is 24.9 Å². The molecule has 0 bridgehead atoms. The Morgan fingerprint density at radius 3 is 1.88 bits per heavy atom. The smallest absolute Gasteiger partial charge is 0.163 e. The van der Waals surface area contributed by atoms with Gasteiger partial charge in [0.25, 0.3) is 0 Å². The number of allylic oxidation sites excluding steroid dienone is 4. The van der Waals surface area contributed by atoms with Crippen LogP contribution in [0.3, 0.4) is 0 Å². The molecule has 0 spiro atoms. The van der Waals surface area contributed by atoms with Gasteiger partial charge in [-0.25, -0.2) is 0 Å². The number of aliphatic hydroxyl groups is 2. The summed E-state index contributed by atoms with van der Waals surface area (Å²) in [4.78, 5) is 25.2. The van der Waals surface area contributed by atoms with Crippen molar-refractivity contribution in [2.24, 2.45) is 0 Å². The van der Waals surface area contributed by atoms with Crippen LogP contribution in [-0.2, 0) is 9.59 Å². The molecule has 0 atom stereocenters. The van der Waals surface area contributed by atoms with Gasteiger partial charge in [0, 0.05) is 42.7 Å². The summed E-state index contributed by atoms with van der Waals surface area (Å²) in [7, 11) is 1.40. The second-order valence-corrected chi connectivity index (χ2v) is 6.64. The quantitative estimate of drug-likeness (QED) is 0.759. The molecule has 0 amide bonds. The fraction of sp³-hybridized carbons (Fsp3) is 0.400. The zero-order chi connectivity index (χ0) is 18.8. The Labute approximate surface area is 151 Å². The lowest BCUT2D eigenvalue weighted by Gasteiger charge is -2.28. The summed E-state index contributed by atoms with van der Waals surface area (Å²) in [6, 6.07) is 4.52. The van der Waals surface area contributed by atoms with Crippen molar-refractivity contribution in [1.82, 2.24) is 0 Å². The van der Waals surface area contributed by atoms with Crippen LogP contribution in [0, 0.1) is 0 Å². The molecule has 0 aliphatic heterocycles. The molecule has 0 heterocycles. The third-order valence-corrected chi connectivity index (χ3v) is 4.97. The van der Waals surface area contributed by atoms with Gasteiger partial charge in [-0.3, -0.25) is 9.59 Å². The van der Waals surface area contributed by atoms with Crippen LogP contribution < -0.4 is 4.74 Å². The van der Waals surface area contributed by atoms with E-state index in [1.165, 1.54) is 19.2 Å². The second-order valence-electron chi connectivity index (χ2n) is 6.64. The highest BCUT2D eigenvalue weighted by Gasteiger charge is 2.37. The number of carbonyl (C=O) groups is 2. The van der Waals surface area contributed by atoms with Crippen molar-refractivity contribution in [3.8, 4) is 11.5 Å². The summed E-state index contributed by atoms with van der Waals surface area (Å²) in [5, 5.41) is 30.7. The molecule has 3 rings (SSSR count). The number of rotatable bonds is 4. The van der Waals surface area contributed by atoms with Crippen LogP contribution in [0.4, 0.5) is 0 Å². The maximum atomic E-state index is 12.6. The number of benzene rings is 1. The zero-order valence-electron chi connectivity index (χ0n) is 14.6. The number of ketones is 2. The Morgan fingerprint density at radius 1 is 0.885 bits per heavy atom. The predicted octanol–water partition coefficient (Wildman–Crippen LogP) is 3.61. The van der Waals surface area contributed by atoms with Gasteiger partial charge in [0.1, 0.15) is 0 Å². The summed E-state index contributed by atoms with van der Waals surface area (Å²) in [5.74, 6) is -1.30. The number of hydrogen-bond donors (Lipinski definition) is 3. The highest BCUT2D eigenvalue weighted by molar-refractivity contribution is 6.05. The summed E-state index contributed by atoms with van der Waals surface area (Å²) in [5.41, 5.74) is 0.815. The molecule has 0 fully saturated rings. The van der Waals surface area contributed by atoms with Gasteiger partial charge in [0.15, 0.2) is 23.1 Å². The number of phenols is 1. The number of carbonyl (C=O) groups excluding carboxylic acids is 2. The van der Waals surface area contributed by atoms with Gasteiger partial charge in [0.05, 0.1) is 18.6 Å². The minimum atomic E-state index is -0.870. The molecule has 3 N–H and O–H groups in total. The molecule has 2 aliphatic carbocycles. The standard InChI is InChI=1S/C20H22O6/c1-26-17-10-11(8-9-12(17)21)18(19-13(22)4-2-5-14(19)23)20-15(24)6-3-7-16(20)25/h8-10,18,21-22,24H,2-7H2,1H3. The topological polar surface area (TPSA) is 104 Å². The minimum Gasteiger partial charge on any atom is -0.512 e. The van der Waals surface area contributed by atoms with Crippen LogP contribution >= 0.6 is 0 Å². The zero-order valence-corrected chi connectivity index (χ0v) is 14.6. The van der Waals surface area contributed by atoms with Gasteiger partial charge >= 0.3 is 0 Å². The van der Waals surface area contributed by atoms with Crippen molar-refractivity contribution in [3.63, 3.8) is 0 Å². The predicted molar refractivity (Wildman–Crippen MR) is 94.4 cm³/mol. The molecule has 1 aromatic rings. The molecule has 138 valence electrons. The van der Waals surface area contributed by atoms with Crippen molar-refractivity contribution in [1.29, 1.82) is 0 Å². The number of aromatic hydroxyl groups is 1. The summed E-state index contributed by atoms with van der Waals surface area (Å²) >= 11 is 0. The van der Waals surface area contributed by atoms with Crippen LogP contribution in [0.5, 0.6) is 11.5 Å². The molecule has 1 aromatic carbocycles. The Bertz CT molecular complexity index is 776. The van der Waals surface area contributed by atoms with E-state index in [0.29, 0.717) is 31.2 Å². The molecular weight excluding hydrogens is 336 g/mol. The minimum absolute atomic E-state index is 0.0445. The van der Waals surface area contributed by atoms with E-state index in [1.54, 1.807) is 6.07 Å². The fourth-order valence-electron chi connectivity index (χ4n) is 3.70. The van der Waals surface area contributed by atoms with Gasteiger partial charge in [-0.1, -0.05) is 6.07 Å². The number of hydrogen-bond acceptors (Lipinski definition) is 6. The molecule has 0 saturated heterocycles. The molecule has 2 aliphatic rings. The van der Waals surface area contributed by atoms with E-state index in [0.717, 1.165) is 0 Å². The van der Waals surface area contributed by atoms with Crippen molar-refractivity contribution in [3.05, 3.63) is 46.4 Å². The van der Waals surface area contributed by atoms with Crippen molar-refractivity contribution >= 4 is 11.6 Å². The van der Waals surface area contributed by atoms with Gasteiger partial charge in [0.2, 0.25) is 0 Å². The first kappa shape index (κ1) is 18.0. The number of aliphatic hydroxyl groups excluding tert-OH is 2. The van der Waals surface area contributed by atoms with E-state index in [4.69, 9.17) is 4.74 Å². The lowest BCUT2D eigenvalue weighted by Crippen LogP contribution is -2.25. The monoisotopic (exact) mass is 358 g/mol. The average molecular weight is 358 g/mol. The highest BCUT2D eigenvalue weighted by Crippen LogP contribution is 2.43. The van der Waals surface area contributed by atoms with Crippen molar-refractivity contribution in [2.75, 3.05) is 7.11 Å². The first-order valence-electron chi connectivity index (χ1n) is 8.71. The van der Waals surface area contributed by atoms with Gasteiger partial charge in [-0.15, -0.1) is 0 Å².